The Morgan fingerprint density at radius 3 is 2.68 bits per heavy atom. The Labute approximate surface area is 130 Å². The van der Waals surface area contributed by atoms with Gasteiger partial charge in [0.05, 0.1) is 7.11 Å². The summed E-state index contributed by atoms with van der Waals surface area (Å²) >= 11 is 0. The van der Waals surface area contributed by atoms with Crippen LogP contribution in [0.5, 0.6) is 5.75 Å². The molecule has 0 fully saturated rings. The van der Waals surface area contributed by atoms with E-state index in [1.54, 1.807) is 7.11 Å². The van der Waals surface area contributed by atoms with Crippen molar-refractivity contribution in [3.63, 3.8) is 0 Å². The average Bonchev–Trinajstić information content (AvgIpc) is 2.55. The highest BCUT2D eigenvalue weighted by molar-refractivity contribution is 5.79. The Kier molecular flexibility index (Phi) is 3.72. The summed E-state index contributed by atoms with van der Waals surface area (Å²) in [6, 6.07) is 10.0. The molecule has 112 valence electrons. The molecular weight excluding hydrogens is 274 g/mol. The molecule has 0 radical (unpaired) electrons. The summed E-state index contributed by atoms with van der Waals surface area (Å²) in [7, 11) is 1.64. The molecule has 0 aliphatic heterocycles. The van der Waals surface area contributed by atoms with Crippen LogP contribution in [-0.4, -0.2) is 12.1 Å². The van der Waals surface area contributed by atoms with Crippen molar-refractivity contribution in [3.8, 4) is 22.9 Å². The SMILES string of the molecule is COc1ccc(-c2c(C#N)c(N)nc3c2CCC[C@H]3C)cc1. The predicted octanol–water partition coefficient (Wildman–Crippen LogP) is 3.65. The number of methoxy groups -OCH3 is 1. The molecule has 0 saturated heterocycles. The topological polar surface area (TPSA) is 71.9 Å². The molecule has 0 bridgehead atoms. The summed E-state index contributed by atoms with van der Waals surface area (Å²) in [4.78, 5) is 4.52. The van der Waals surface area contributed by atoms with Gasteiger partial charge in [-0.3, -0.25) is 0 Å². The molecule has 22 heavy (non-hydrogen) atoms. The van der Waals surface area contributed by atoms with E-state index >= 15 is 0 Å². The molecule has 0 amide bonds. The first-order valence-electron chi connectivity index (χ1n) is 7.52. The zero-order valence-corrected chi connectivity index (χ0v) is 12.9. The van der Waals surface area contributed by atoms with E-state index in [1.165, 1.54) is 5.56 Å². The summed E-state index contributed by atoms with van der Waals surface area (Å²) in [5.41, 5.74) is 10.7. The van der Waals surface area contributed by atoms with Crippen LogP contribution in [-0.2, 0) is 6.42 Å². The molecule has 1 aliphatic rings. The number of hydrogen-bond acceptors (Lipinski definition) is 4. The molecule has 1 aromatic carbocycles. The second-order valence-electron chi connectivity index (χ2n) is 5.74. The average molecular weight is 293 g/mol. The number of pyridine rings is 1. The molecule has 1 atom stereocenters. The van der Waals surface area contributed by atoms with Crippen molar-refractivity contribution in [2.45, 2.75) is 32.1 Å². The lowest BCUT2D eigenvalue weighted by Gasteiger charge is -2.25. The monoisotopic (exact) mass is 293 g/mol. The predicted molar refractivity (Wildman–Crippen MR) is 86.7 cm³/mol. The lowest BCUT2D eigenvalue weighted by atomic mass is 9.82. The number of nitriles is 1. The molecule has 2 N–H and O–H groups in total. The van der Waals surface area contributed by atoms with Crippen molar-refractivity contribution in [3.05, 3.63) is 41.1 Å². The summed E-state index contributed by atoms with van der Waals surface area (Å²) in [5.74, 6) is 1.52. The highest BCUT2D eigenvalue weighted by Gasteiger charge is 2.25. The number of benzene rings is 1. The summed E-state index contributed by atoms with van der Waals surface area (Å²) < 4.78 is 5.21. The Morgan fingerprint density at radius 2 is 2.05 bits per heavy atom. The number of anilines is 1. The summed E-state index contributed by atoms with van der Waals surface area (Å²) in [6.07, 6.45) is 3.18. The Morgan fingerprint density at radius 1 is 1.32 bits per heavy atom. The standard InChI is InChI=1S/C18H19N3O/c1-11-4-3-5-14-16(12-6-8-13(22-2)9-7-12)15(10-19)18(20)21-17(11)14/h6-9,11H,3-5H2,1-2H3,(H2,20,21)/t11-/m1/s1. The van der Waals surface area contributed by atoms with Gasteiger partial charge in [0.1, 0.15) is 23.2 Å². The molecule has 1 aromatic heterocycles. The Bertz CT molecular complexity index is 744. The van der Waals surface area contributed by atoms with Crippen LogP contribution in [0.1, 0.15) is 42.5 Å². The molecule has 1 aliphatic carbocycles. The third-order valence-corrected chi connectivity index (χ3v) is 4.38. The van der Waals surface area contributed by atoms with Crippen LogP contribution in [0.25, 0.3) is 11.1 Å². The van der Waals surface area contributed by atoms with Crippen LogP contribution < -0.4 is 10.5 Å². The molecule has 4 nitrogen and oxygen atoms in total. The van der Waals surface area contributed by atoms with E-state index in [-0.39, 0.29) is 0 Å². The van der Waals surface area contributed by atoms with Gasteiger partial charge in [0.15, 0.2) is 0 Å². The fourth-order valence-electron chi connectivity index (χ4n) is 3.23. The fraction of sp³-hybridized carbons (Fsp3) is 0.333. The molecule has 0 unspecified atom stereocenters. The smallest absolute Gasteiger partial charge is 0.142 e. The molecule has 0 saturated carbocycles. The van der Waals surface area contributed by atoms with E-state index in [2.05, 4.69) is 18.0 Å². The number of nitrogens with zero attached hydrogens (tertiary/aromatic N) is 2. The molecule has 2 aromatic rings. The number of nitrogens with two attached hydrogens (primary N) is 1. The second-order valence-corrected chi connectivity index (χ2v) is 5.74. The van der Waals surface area contributed by atoms with E-state index < -0.39 is 0 Å². The van der Waals surface area contributed by atoms with Gasteiger partial charge < -0.3 is 10.5 Å². The number of ether oxygens (including phenoxy) is 1. The molecule has 4 heteroatoms. The summed E-state index contributed by atoms with van der Waals surface area (Å²) in [5, 5.41) is 9.53. The number of hydrogen-bond donors (Lipinski definition) is 1. The molecular formula is C18H19N3O. The minimum atomic E-state index is 0.334. The molecule has 3 rings (SSSR count). The van der Waals surface area contributed by atoms with Crippen molar-refractivity contribution in [2.24, 2.45) is 0 Å². The lowest BCUT2D eigenvalue weighted by Crippen LogP contribution is -2.14. The van der Waals surface area contributed by atoms with Crippen LogP contribution in [0.2, 0.25) is 0 Å². The number of fused-ring (bicyclic) bond motifs is 1. The first-order valence-corrected chi connectivity index (χ1v) is 7.52. The number of aromatic nitrogens is 1. The van der Waals surface area contributed by atoms with Gasteiger partial charge >= 0.3 is 0 Å². The normalized spacial score (nSPS) is 16.7. The van der Waals surface area contributed by atoms with Crippen molar-refractivity contribution < 1.29 is 4.74 Å². The lowest BCUT2D eigenvalue weighted by molar-refractivity contribution is 0.415. The molecule has 1 heterocycles. The highest BCUT2D eigenvalue weighted by Crippen LogP contribution is 2.40. The van der Waals surface area contributed by atoms with Gasteiger partial charge in [-0.15, -0.1) is 0 Å². The maximum absolute atomic E-state index is 9.53. The van der Waals surface area contributed by atoms with Gasteiger partial charge in [-0.2, -0.15) is 5.26 Å². The Balaban J connectivity index is 2.26. The van der Waals surface area contributed by atoms with Gasteiger partial charge in [0, 0.05) is 11.3 Å². The second kappa shape index (κ2) is 5.69. The minimum absolute atomic E-state index is 0.334. The minimum Gasteiger partial charge on any atom is -0.497 e. The molecule has 0 spiro atoms. The van der Waals surface area contributed by atoms with Crippen LogP contribution in [0.15, 0.2) is 24.3 Å². The van der Waals surface area contributed by atoms with Gasteiger partial charge in [-0.25, -0.2) is 4.98 Å². The van der Waals surface area contributed by atoms with E-state index in [0.717, 1.165) is 41.8 Å². The van der Waals surface area contributed by atoms with Gasteiger partial charge in [-0.1, -0.05) is 19.1 Å². The van der Waals surface area contributed by atoms with Gasteiger partial charge in [-0.05, 0) is 48.4 Å². The number of nitrogen functional groups attached to an aromatic ring is 1. The highest BCUT2D eigenvalue weighted by atomic mass is 16.5. The van der Waals surface area contributed by atoms with Crippen molar-refractivity contribution in [1.29, 1.82) is 5.26 Å². The third kappa shape index (κ3) is 2.29. The van der Waals surface area contributed by atoms with E-state index in [4.69, 9.17) is 10.5 Å². The zero-order valence-electron chi connectivity index (χ0n) is 12.9. The fourth-order valence-corrected chi connectivity index (χ4v) is 3.23. The van der Waals surface area contributed by atoms with Crippen LogP contribution in [0, 0.1) is 11.3 Å². The zero-order chi connectivity index (χ0) is 15.7. The first-order chi connectivity index (χ1) is 10.7. The van der Waals surface area contributed by atoms with E-state index in [9.17, 15) is 5.26 Å². The maximum atomic E-state index is 9.53. The van der Waals surface area contributed by atoms with E-state index in [0.29, 0.717) is 17.3 Å². The maximum Gasteiger partial charge on any atom is 0.142 e. The summed E-state index contributed by atoms with van der Waals surface area (Å²) in [6.45, 7) is 2.17. The van der Waals surface area contributed by atoms with Gasteiger partial charge in [0.2, 0.25) is 0 Å². The first kappa shape index (κ1) is 14.4. The van der Waals surface area contributed by atoms with Crippen LogP contribution in [0.4, 0.5) is 5.82 Å². The third-order valence-electron chi connectivity index (χ3n) is 4.38. The van der Waals surface area contributed by atoms with Gasteiger partial charge in [0.25, 0.3) is 0 Å². The van der Waals surface area contributed by atoms with E-state index in [1.807, 2.05) is 24.3 Å². The van der Waals surface area contributed by atoms with Crippen LogP contribution >= 0.6 is 0 Å². The quantitative estimate of drug-likeness (QED) is 0.917. The van der Waals surface area contributed by atoms with Crippen LogP contribution in [0.3, 0.4) is 0 Å². The number of rotatable bonds is 2. The van der Waals surface area contributed by atoms with Crippen molar-refractivity contribution in [2.75, 3.05) is 12.8 Å². The largest absolute Gasteiger partial charge is 0.497 e. The van der Waals surface area contributed by atoms with Crippen molar-refractivity contribution in [1.82, 2.24) is 4.98 Å². The van der Waals surface area contributed by atoms with Crippen molar-refractivity contribution >= 4 is 5.82 Å². The Hall–Kier alpha value is -2.54.